The van der Waals surface area contributed by atoms with E-state index in [2.05, 4.69) is 10.2 Å². The van der Waals surface area contributed by atoms with E-state index in [4.69, 9.17) is 4.84 Å². The van der Waals surface area contributed by atoms with E-state index >= 15 is 0 Å². The number of ether oxygens (including phenoxy) is 1. The first-order valence-corrected chi connectivity index (χ1v) is 3.96. The molecule has 1 N–H and O–H groups in total. The van der Waals surface area contributed by atoms with Crippen molar-refractivity contribution in [3.63, 3.8) is 0 Å². The Morgan fingerprint density at radius 1 is 1.62 bits per heavy atom. The number of aldehydes is 1. The molecule has 2 atom stereocenters. The van der Waals surface area contributed by atoms with Crippen molar-refractivity contribution in [1.82, 2.24) is 5.48 Å². The summed E-state index contributed by atoms with van der Waals surface area (Å²) in [6.07, 6.45) is 0.949. The van der Waals surface area contributed by atoms with Crippen LogP contribution < -0.4 is 5.48 Å². The van der Waals surface area contributed by atoms with Gasteiger partial charge in [0.25, 0.3) is 0 Å². The van der Waals surface area contributed by atoms with Crippen LogP contribution in [0.5, 0.6) is 0 Å². The second-order valence-electron chi connectivity index (χ2n) is 3.64. The number of hydroxylamine groups is 1. The van der Waals surface area contributed by atoms with Crippen LogP contribution in [0.1, 0.15) is 20.3 Å². The average Bonchev–Trinajstić information content (AvgIpc) is 2.44. The monoisotopic (exact) mass is 187 g/mol. The highest BCUT2D eigenvalue weighted by molar-refractivity contribution is 5.82. The Bertz CT molecular complexity index is 242. The third-order valence-electron chi connectivity index (χ3n) is 2.10. The highest BCUT2D eigenvalue weighted by atomic mass is 16.7. The van der Waals surface area contributed by atoms with Crippen molar-refractivity contribution in [1.29, 1.82) is 0 Å². The fourth-order valence-corrected chi connectivity index (χ4v) is 1.41. The van der Waals surface area contributed by atoms with E-state index in [1.54, 1.807) is 13.8 Å². The maximum atomic E-state index is 11.3. The molecule has 1 heterocycles. The van der Waals surface area contributed by atoms with Crippen LogP contribution in [0.25, 0.3) is 0 Å². The van der Waals surface area contributed by atoms with E-state index < -0.39 is 17.1 Å². The number of methoxy groups -OCH3 is 1. The molecule has 0 aliphatic carbocycles. The van der Waals surface area contributed by atoms with Crippen molar-refractivity contribution >= 4 is 12.3 Å². The molecule has 0 unspecified atom stereocenters. The molecule has 0 aromatic rings. The Kier molecular flexibility index (Phi) is 2.40. The predicted octanol–water partition coefficient (Wildman–Crippen LogP) is -0.199. The van der Waals surface area contributed by atoms with Crippen LogP contribution in [0, 0.1) is 0 Å². The Balaban J connectivity index is 2.77. The third-order valence-corrected chi connectivity index (χ3v) is 2.10. The van der Waals surface area contributed by atoms with Crippen LogP contribution in [0.15, 0.2) is 0 Å². The summed E-state index contributed by atoms with van der Waals surface area (Å²) in [7, 11) is 1.30. The summed E-state index contributed by atoms with van der Waals surface area (Å²) in [5, 5.41) is 0. The minimum absolute atomic E-state index is 0.274. The highest BCUT2D eigenvalue weighted by Gasteiger charge is 2.49. The number of nitrogens with one attached hydrogen (secondary N) is 1. The molecule has 0 bridgehead atoms. The minimum Gasteiger partial charge on any atom is -0.468 e. The lowest BCUT2D eigenvalue weighted by molar-refractivity contribution is -0.150. The van der Waals surface area contributed by atoms with Gasteiger partial charge in [-0.3, -0.25) is 4.84 Å². The molecule has 1 saturated heterocycles. The number of esters is 1. The molecule has 0 amide bonds. The lowest BCUT2D eigenvalue weighted by atomic mass is 9.90. The molecule has 0 radical (unpaired) electrons. The van der Waals surface area contributed by atoms with Gasteiger partial charge in [-0.1, -0.05) is 0 Å². The topological polar surface area (TPSA) is 64.6 Å². The SMILES string of the molecule is COC(=O)[C@@]1(C)C[C@](C)(C=O)ON1. The van der Waals surface area contributed by atoms with Crippen molar-refractivity contribution < 1.29 is 19.2 Å². The van der Waals surface area contributed by atoms with Crippen LogP contribution in [0.2, 0.25) is 0 Å². The molecule has 74 valence electrons. The Morgan fingerprint density at radius 3 is 2.62 bits per heavy atom. The van der Waals surface area contributed by atoms with Crippen molar-refractivity contribution in [3.8, 4) is 0 Å². The smallest absolute Gasteiger partial charge is 0.328 e. The quantitative estimate of drug-likeness (QED) is 0.479. The molecule has 0 spiro atoms. The van der Waals surface area contributed by atoms with Gasteiger partial charge >= 0.3 is 5.97 Å². The lowest BCUT2D eigenvalue weighted by Crippen LogP contribution is -2.44. The van der Waals surface area contributed by atoms with Crippen molar-refractivity contribution in [3.05, 3.63) is 0 Å². The zero-order valence-corrected chi connectivity index (χ0v) is 7.92. The molecular weight excluding hydrogens is 174 g/mol. The van der Waals surface area contributed by atoms with Crippen LogP contribution in [-0.4, -0.2) is 30.5 Å². The maximum Gasteiger partial charge on any atom is 0.328 e. The molecule has 1 rings (SSSR count). The fraction of sp³-hybridized carbons (Fsp3) is 0.750. The molecule has 0 aromatic carbocycles. The van der Waals surface area contributed by atoms with Gasteiger partial charge in [0, 0.05) is 6.42 Å². The van der Waals surface area contributed by atoms with Gasteiger partial charge in [0.15, 0.2) is 6.29 Å². The molecular formula is C8H13NO4. The summed E-state index contributed by atoms with van der Waals surface area (Å²) >= 11 is 0. The molecule has 1 aliphatic rings. The normalized spacial score (nSPS) is 38.7. The van der Waals surface area contributed by atoms with E-state index in [0.717, 1.165) is 0 Å². The first-order chi connectivity index (χ1) is 5.96. The van der Waals surface area contributed by atoms with Gasteiger partial charge in [0.2, 0.25) is 0 Å². The summed E-state index contributed by atoms with van der Waals surface area (Å²) in [6, 6.07) is 0. The Hall–Kier alpha value is -0.940. The van der Waals surface area contributed by atoms with Gasteiger partial charge < -0.3 is 9.53 Å². The highest BCUT2D eigenvalue weighted by Crippen LogP contribution is 2.29. The molecule has 1 aliphatic heterocycles. The number of carbonyl (C=O) groups excluding carboxylic acids is 2. The van der Waals surface area contributed by atoms with Crippen LogP contribution in [0.4, 0.5) is 0 Å². The molecule has 0 saturated carbocycles. The summed E-state index contributed by atoms with van der Waals surface area (Å²) in [4.78, 5) is 26.9. The van der Waals surface area contributed by atoms with E-state index in [1.807, 2.05) is 0 Å². The van der Waals surface area contributed by atoms with Crippen LogP contribution in [0.3, 0.4) is 0 Å². The third kappa shape index (κ3) is 1.71. The van der Waals surface area contributed by atoms with Gasteiger partial charge in [-0.2, -0.15) is 5.48 Å². The summed E-state index contributed by atoms with van der Waals surface area (Å²) in [5.41, 5.74) is 0.652. The average molecular weight is 187 g/mol. The van der Waals surface area contributed by atoms with Crippen molar-refractivity contribution in [2.75, 3.05) is 7.11 Å². The minimum atomic E-state index is -0.942. The van der Waals surface area contributed by atoms with E-state index in [-0.39, 0.29) is 6.42 Å². The first kappa shape index (κ1) is 10.1. The zero-order chi connectivity index (χ0) is 10.1. The molecule has 5 nitrogen and oxygen atoms in total. The molecule has 1 fully saturated rings. The van der Waals surface area contributed by atoms with E-state index in [0.29, 0.717) is 6.29 Å². The maximum absolute atomic E-state index is 11.3. The number of rotatable bonds is 2. The second-order valence-corrected chi connectivity index (χ2v) is 3.64. The van der Waals surface area contributed by atoms with Gasteiger partial charge in [0.05, 0.1) is 7.11 Å². The number of hydrogen-bond donors (Lipinski definition) is 1. The van der Waals surface area contributed by atoms with E-state index in [9.17, 15) is 9.59 Å². The van der Waals surface area contributed by atoms with Gasteiger partial charge in [0.1, 0.15) is 11.1 Å². The summed E-state index contributed by atoms with van der Waals surface area (Å²) in [6.45, 7) is 3.24. The van der Waals surface area contributed by atoms with Crippen LogP contribution in [-0.2, 0) is 19.2 Å². The summed E-state index contributed by atoms with van der Waals surface area (Å²) in [5.74, 6) is -0.432. The number of carbonyl (C=O) groups is 2. The molecule has 5 heteroatoms. The molecule has 13 heavy (non-hydrogen) atoms. The zero-order valence-electron chi connectivity index (χ0n) is 7.92. The predicted molar refractivity (Wildman–Crippen MR) is 43.7 cm³/mol. The second kappa shape index (κ2) is 3.08. The standard InChI is InChI=1S/C8H13NO4/c1-7(5-10)4-8(2,9-13-7)6(11)12-3/h5,9H,4H2,1-3H3/t7-,8-/m1/s1. The first-order valence-electron chi connectivity index (χ1n) is 3.96. The largest absolute Gasteiger partial charge is 0.468 e. The van der Waals surface area contributed by atoms with Gasteiger partial charge in [-0.05, 0) is 13.8 Å². The van der Waals surface area contributed by atoms with Crippen molar-refractivity contribution in [2.24, 2.45) is 0 Å². The number of hydrogen-bond acceptors (Lipinski definition) is 5. The van der Waals surface area contributed by atoms with Gasteiger partial charge in [-0.25, -0.2) is 4.79 Å². The Labute approximate surface area is 76.3 Å². The Morgan fingerprint density at radius 2 is 2.23 bits per heavy atom. The molecule has 0 aromatic heterocycles. The van der Waals surface area contributed by atoms with Gasteiger partial charge in [-0.15, -0.1) is 0 Å². The van der Waals surface area contributed by atoms with Crippen molar-refractivity contribution in [2.45, 2.75) is 31.4 Å². The fourth-order valence-electron chi connectivity index (χ4n) is 1.41. The summed E-state index contributed by atoms with van der Waals surface area (Å²) < 4.78 is 4.58. The van der Waals surface area contributed by atoms with Crippen LogP contribution >= 0.6 is 0 Å². The lowest BCUT2D eigenvalue weighted by Gasteiger charge is -2.18. The van der Waals surface area contributed by atoms with E-state index in [1.165, 1.54) is 7.11 Å².